The molecule has 33 heavy (non-hydrogen) atoms. The van der Waals surface area contributed by atoms with Crippen LogP contribution in [-0.4, -0.2) is 38.5 Å². The first-order valence-electron chi connectivity index (χ1n) is 10.1. The van der Waals surface area contributed by atoms with Crippen molar-refractivity contribution < 1.29 is 22.3 Å². The fraction of sp³-hybridized carbons (Fsp3) is 0.167. The van der Waals surface area contributed by atoms with Crippen LogP contribution in [0.5, 0.6) is 5.75 Å². The van der Waals surface area contributed by atoms with E-state index in [0.29, 0.717) is 16.9 Å². The molecule has 0 bridgehead atoms. The maximum atomic E-state index is 13.4. The van der Waals surface area contributed by atoms with Gasteiger partial charge in [-0.3, -0.25) is 4.79 Å². The lowest BCUT2D eigenvalue weighted by molar-refractivity contribution is -0.121. The van der Waals surface area contributed by atoms with Crippen LogP contribution in [0.25, 0.3) is 0 Å². The Hall–Kier alpha value is -3.56. The van der Waals surface area contributed by atoms with Gasteiger partial charge in [-0.1, -0.05) is 42.5 Å². The molecule has 0 spiro atoms. The number of sulfonamides is 1. The molecule has 0 radical (unpaired) electrons. The van der Waals surface area contributed by atoms with Gasteiger partial charge in [0.2, 0.25) is 10.0 Å². The molecule has 0 unspecified atom stereocenters. The molecule has 1 amide bonds. The molecule has 1 N–H and O–H groups in total. The van der Waals surface area contributed by atoms with Gasteiger partial charge in [-0.05, 0) is 53.9 Å². The average Bonchev–Trinajstić information content (AvgIpc) is 2.80. The van der Waals surface area contributed by atoms with Crippen LogP contribution in [0.15, 0.2) is 82.8 Å². The summed E-state index contributed by atoms with van der Waals surface area (Å²) in [5.74, 6) is -0.429. The van der Waals surface area contributed by atoms with Gasteiger partial charge in [-0.25, -0.2) is 18.2 Å². The number of amides is 1. The number of hydrogen-bond donors (Lipinski definition) is 1. The molecule has 0 aliphatic heterocycles. The van der Waals surface area contributed by atoms with Crippen LogP contribution >= 0.6 is 0 Å². The number of nitrogens with one attached hydrogen (secondary N) is 1. The largest absolute Gasteiger partial charge is 0.496 e. The van der Waals surface area contributed by atoms with E-state index in [1.54, 1.807) is 37.3 Å². The van der Waals surface area contributed by atoms with Crippen molar-refractivity contribution in [2.75, 3.05) is 13.7 Å². The van der Waals surface area contributed by atoms with Crippen molar-refractivity contribution in [3.8, 4) is 5.75 Å². The fourth-order valence-corrected chi connectivity index (χ4v) is 4.57. The Balaban J connectivity index is 1.80. The summed E-state index contributed by atoms with van der Waals surface area (Å²) >= 11 is 0. The number of benzene rings is 3. The second kappa shape index (κ2) is 10.8. The summed E-state index contributed by atoms with van der Waals surface area (Å²) in [5.41, 5.74) is 4.30. The molecule has 7 nitrogen and oxygen atoms in total. The Morgan fingerprint density at radius 3 is 2.42 bits per heavy atom. The van der Waals surface area contributed by atoms with Gasteiger partial charge < -0.3 is 4.74 Å². The van der Waals surface area contributed by atoms with E-state index in [9.17, 15) is 17.6 Å². The third-order valence-electron chi connectivity index (χ3n) is 4.80. The second-order valence-electron chi connectivity index (χ2n) is 7.23. The molecular formula is C24H24FN3O4S. The number of rotatable bonds is 9. The minimum Gasteiger partial charge on any atom is -0.496 e. The van der Waals surface area contributed by atoms with Crippen LogP contribution < -0.4 is 10.2 Å². The Bertz CT molecular complexity index is 1230. The minimum absolute atomic E-state index is 0.00332. The minimum atomic E-state index is -4.00. The smallest absolute Gasteiger partial charge is 0.255 e. The molecule has 0 fully saturated rings. The highest BCUT2D eigenvalue weighted by atomic mass is 32.2. The first-order valence-corrected chi connectivity index (χ1v) is 11.5. The van der Waals surface area contributed by atoms with Gasteiger partial charge in [0, 0.05) is 6.54 Å². The highest BCUT2D eigenvalue weighted by Crippen LogP contribution is 2.24. The summed E-state index contributed by atoms with van der Waals surface area (Å²) < 4.78 is 46.1. The summed E-state index contributed by atoms with van der Waals surface area (Å²) in [7, 11) is -2.49. The SMILES string of the molecule is COc1ccc(S(=O)(=O)N(CC(=O)NN=Cc2ccc(F)cc2)Cc2ccccc2)cc1C. The molecule has 0 saturated carbocycles. The zero-order chi connectivity index (χ0) is 23.8. The van der Waals surface area contributed by atoms with Crippen LogP contribution in [0.4, 0.5) is 4.39 Å². The predicted molar refractivity (Wildman–Crippen MR) is 124 cm³/mol. The highest BCUT2D eigenvalue weighted by Gasteiger charge is 2.27. The molecular weight excluding hydrogens is 445 g/mol. The van der Waals surface area contributed by atoms with E-state index in [-0.39, 0.29) is 17.3 Å². The summed E-state index contributed by atoms with van der Waals surface area (Å²) in [6, 6.07) is 19.1. The normalized spacial score (nSPS) is 11.6. The van der Waals surface area contributed by atoms with E-state index >= 15 is 0 Å². The van der Waals surface area contributed by atoms with Crippen molar-refractivity contribution in [3.05, 3.63) is 95.3 Å². The molecule has 9 heteroatoms. The zero-order valence-corrected chi connectivity index (χ0v) is 19.0. The van der Waals surface area contributed by atoms with Crippen molar-refractivity contribution >= 4 is 22.1 Å². The quantitative estimate of drug-likeness (QED) is 0.384. The summed E-state index contributed by atoms with van der Waals surface area (Å²) in [5, 5.41) is 3.84. The van der Waals surface area contributed by atoms with Crippen LogP contribution in [0.3, 0.4) is 0 Å². The fourth-order valence-electron chi connectivity index (χ4n) is 3.10. The molecule has 0 atom stereocenters. The zero-order valence-electron chi connectivity index (χ0n) is 18.2. The molecule has 0 heterocycles. The van der Waals surface area contributed by atoms with Crippen LogP contribution in [-0.2, 0) is 21.4 Å². The standard InChI is InChI=1S/C24H24FN3O4S/c1-18-14-22(12-13-23(18)32-2)33(30,31)28(16-20-6-4-3-5-7-20)17-24(29)27-26-15-19-8-10-21(25)11-9-19/h3-15H,16-17H2,1-2H3,(H,27,29). The molecule has 0 aromatic heterocycles. The van der Waals surface area contributed by atoms with Gasteiger partial charge in [0.25, 0.3) is 5.91 Å². The number of aryl methyl sites for hydroxylation is 1. The first kappa shape index (κ1) is 24.1. The van der Waals surface area contributed by atoms with E-state index in [4.69, 9.17) is 4.74 Å². The van der Waals surface area contributed by atoms with E-state index < -0.39 is 22.5 Å². The third kappa shape index (κ3) is 6.47. The lowest BCUT2D eigenvalue weighted by atomic mass is 10.2. The Morgan fingerprint density at radius 2 is 1.79 bits per heavy atom. The average molecular weight is 470 g/mol. The third-order valence-corrected chi connectivity index (χ3v) is 6.59. The predicted octanol–water partition coefficient (Wildman–Crippen LogP) is 3.48. The molecule has 172 valence electrons. The lowest BCUT2D eigenvalue weighted by Gasteiger charge is -2.22. The number of carbonyl (C=O) groups is 1. The molecule has 0 aliphatic carbocycles. The number of hydrogen-bond acceptors (Lipinski definition) is 5. The van der Waals surface area contributed by atoms with Crippen molar-refractivity contribution in [2.45, 2.75) is 18.4 Å². The van der Waals surface area contributed by atoms with E-state index in [1.165, 1.54) is 49.7 Å². The maximum absolute atomic E-state index is 13.4. The number of nitrogens with zero attached hydrogens (tertiary/aromatic N) is 2. The number of carbonyl (C=O) groups excluding carboxylic acids is 1. The molecule has 3 aromatic rings. The van der Waals surface area contributed by atoms with Gasteiger partial charge in [0.1, 0.15) is 11.6 Å². The number of ether oxygens (including phenoxy) is 1. The molecule has 0 saturated heterocycles. The molecule has 3 aromatic carbocycles. The first-order chi connectivity index (χ1) is 15.8. The van der Waals surface area contributed by atoms with Crippen molar-refractivity contribution in [3.63, 3.8) is 0 Å². The van der Waals surface area contributed by atoms with Crippen LogP contribution in [0.1, 0.15) is 16.7 Å². The van der Waals surface area contributed by atoms with Gasteiger partial charge in [0.15, 0.2) is 0 Å². The lowest BCUT2D eigenvalue weighted by Crippen LogP contribution is -2.39. The van der Waals surface area contributed by atoms with E-state index in [0.717, 1.165) is 9.87 Å². The maximum Gasteiger partial charge on any atom is 0.255 e. The van der Waals surface area contributed by atoms with E-state index in [1.807, 2.05) is 6.07 Å². The number of hydrazone groups is 1. The summed E-state index contributed by atoms with van der Waals surface area (Å²) in [6.07, 6.45) is 1.35. The van der Waals surface area contributed by atoms with E-state index in [2.05, 4.69) is 10.5 Å². The molecule has 0 aliphatic rings. The summed E-state index contributed by atoms with van der Waals surface area (Å²) in [4.78, 5) is 12.6. The van der Waals surface area contributed by atoms with Gasteiger partial charge in [-0.15, -0.1) is 0 Å². The van der Waals surface area contributed by atoms with Crippen molar-refractivity contribution in [1.82, 2.24) is 9.73 Å². The van der Waals surface area contributed by atoms with Crippen molar-refractivity contribution in [1.29, 1.82) is 0 Å². The van der Waals surface area contributed by atoms with Gasteiger partial charge in [-0.2, -0.15) is 9.41 Å². The highest BCUT2D eigenvalue weighted by molar-refractivity contribution is 7.89. The summed E-state index contributed by atoms with van der Waals surface area (Å²) in [6.45, 7) is 1.31. The van der Waals surface area contributed by atoms with Crippen LogP contribution in [0, 0.1) is 12.7 Å². The second-order valence-corrected chi connectivity index (χ2v) is 9.17. The van der Waals surface area contributed by atoms with Gasteiger partial charge >= 0.3 is 0 Å². The van der Waals surface area contributed by atoms with Crippen LogP contribution in [0.2, 0.25) is 0 Å². The Labute approximate surface area is 192 Å². The number of halogens is 1. The topological polar surface area (TPSA) is 88.1 Å². The van der Waals surface area contributed by atoms with Crippen molar-refractivity contribution in [2.24, 2.45) is 5.10 Å². The van der Waals surface area contributed by atoms with Gasteiger partial charge in [0.05, 0.1) is 24.8 Å². The monoisotopic (exact) mass is 469 g/mol. The Morgan fingerprint density at radius 1 is 1.09 bits per heavy atom. The Kier molecular flexibility index (Phi) is 7.92. The number of methoxy groups -OCH3 is 1. The molecule has 3 rings (SSSR count).